The van der Waals surface area contributed by atoms with E-state index in [9.17, 15) is 24.3 Å². The van der Waals surface area contributed by atoms with Crippen LogP contribution in [0.3, 0.4) is 0 Å². The zero-order valence-electron chi connectivity index (χ0n) is 28.5. The Labute approximate surface area is 293 Å². The molecule has 0 radical (unpaired) electrons. The van der Waals surface area contributed by atoms with Crippen LogP contribution >= 0.6 is 0 Å². The number of rotatable bonds is 11. The maximum Gasteiger partial charge on any atom is 0.313 e. The molecule has 6 rings (SSSR count). The quantitative estimate of drug-likeness (QED) is 0.209. The number of carbonyl (C=O) groups excluding carboxylic acids is 4. The number of carbonyl (C=O) groups is 4. The molecule has 2 fully saturated rings. The zero-order valence-corrected chi connectivity index (χ0v) is 28.5. The molecule has 11 nitrogen and oxygen atoms in total. The molecule has 3 amide bonds. The number of nitrogens with zero attached hydrogens (tertiary/aromatic N) is 2. The van der Waals surface area contributed by atoms with E-state index < -0.39 is 47.7 Å². The lowest BCUT2D eigenvalue weighted by Gasteiger charge is -2.35. The Morgan fingerprint density at radius 1 is 0.940 bits per heavy atom. The molecule has 11 heteroatoms. The second-order valence-corrected chi connectivity index (χ2v) is 13.5. The highest BCUT2D eigenvalue weighted by Crippen LogP contribution is 2.53. The lowest BCUT2D eigenvalue weighted by atomic mass is 9.77. The molecule has 266 valence electrons. The zero-order chi connectivity index (χ0) is 35.1. The smallest absolute Gasteiger partial charge is 0.313 e. The Morgan fingerprint density at radius 2 is 1.68 bits per heavy atom. The van der Waals surface area contributed by atoms with E-state index in [0.717, 1.165) is 18.4 Å². The highest BCUT2D eigenvalue weighted by molar-refractivity contribution is 5.99. The number of fused-ring (bicyclic) bond motifs is 2. The number of likely N-dealkylation sites (tertiary alicyclic amines) is 1. The van der Waals surface area contributed by atoms with Crippen molar-refractivity contribution in [3.05, 3.63) is 96.1 Å². The van der Waals surface area contributed by atoms with Crippen molar-refractivity contribution in [1.82, 2.24) is 15.1 Å². The van der Waals surface area contributed by atoms with Crippen molar-refractivity contribution in [3.8, 4) is 0 Å². The van der Waals surface area contributed by atoms with Crippen molar-refractivity contribution in [2.45, 2.75) is 75.0 Å². The van der Waals surface area contributed by atoms with Gasteiger partial charge in [0, 0.05) is 39.8 Å². The van der Waals surface area contributed by atoms with Gasteiger partial charge in [0.15, 0.2) is 0 Å². The van der Waals surface area contributed by atoms with Gasteiger partial charge in [0.05, 0.1) is 24.7 Å². The van der Waals surface area contributed by atoms with E-state index in [4.69, 9.17) is 14.2 Å². The van der Waals surface area contributed by atoms with E-state index in [0.29, 0.717) is 44.5 Å². The highest BCUT2D eigenvalue weighted by atomic mass is 16.6. The standard InChI is InChI=1S/C39H47N3O8/c1-48-26-29-34(28-17-8-5-9-18-28)49-38(47)32-30(19-10-11-20-31(44)40-29)50-39-21-14-22-41(25-27-15-6-4-7-16-27)37(46)35(39)42(36(45)33(32)39)23-12-2-3-13-24-43/h4-10,14-19,21,29-30,32-35,43H,2-3,11-13,20,22-26H2,1H3,(H,40,44)/b19-10-/t29-,30-,32+,33+,34-,35-,39+/m1/s1. The lowest BCUT2D eigenvalue weighted by molar-refractivity contribution is -0.162. The van der Waals surface area contributed by atoms with Gasteiger partial charge in [-0.05, 0) is 30.4 Å². The summed E-state index contributed by atoms with van der Waals surface area (Å²) in [4.78, 5) is 60.3. The third kappa shape index (κ3) is 7.26. The summed E-state index contributed by atoms with van der Waals surface area (Å²) >= 11 is 0. The molecule has 0 saturated carbocycles. The summed E-state index contributed by atoms with van der Waals surface area (Å²) in [6.45, 7) is 1.17. The minimum Gasteiger partial charge on any atom is -0.455 e. The van der Waals surface area contributed by atoms with Gasteiger partial charge in [0.1, 0.15) is 23.7 Å². The molecule has 0 unspecified atom stereocenters. The molecule has 0 aromatic heterocycles. The molecule has 0 aliphatic carbocycles. The third-order valence-electron chi connectivity index (χ3n) is 10.2. The normalized spacial score (nSPS) is 30.4. The number of unbranched alkanes of at least 4 members (excludes halogenated alkanes) is 3. The summed E-state index contributed by atoms with van der Waals surface area (Å²) in [5.74, 6) is -3.48. The van der Waals surface area contributed by atoms with Gasteiger partial charge in [0.2, 0.25) is 17.7 Å². The fourth-order valence-corrected chi connectivity index (χ4v) is 7.87. The first-order valence-electron chi connectivity index (χ1n) is 17.7. The Morgan fingerprint density at radius 3 is 2.42 bits per heavy atom. The molecular formula is C39H47N3O8. The molecule has 0 bridgehead atoms. The van der Waals surface area contributed by atoms with Gasteiger partial charge < -0.3 is 34.4 Å². The SMILES string of the molecule is COC[C@H]1NC(=O)CC/C=C\[C@H]2O[C@]34C=CCN(Cc5ccccc5)C(=O)[C@H]3N(CCCCCCO)C(=O)[C@@H]4[C@H]2C(=O)O[C@@H]1c1ccccc1. The van der Waals surface area contributed by atoms with E-state index in [-0.39, 0.29) is 37.4 Å². The van der Waals surface area contributed by atoms with Crippen LogP contribution in [0.2, 0.25) is 0 Å². The average Bonchev–Trinajstić information content (AvgIpc) is 3.51. The van der Waals surface area contributed by atoms with Gasteiger partial charge >= 0.3 is 5.97 Å². The van der Waals surface area contributed by atoms with Gasteiger partial charge in [-0.25, -0.2) is 0 Å². The summed E-state index contributed by atoms with van der Waals surface area (Å²) < 4.78 is 18.6. The molecule has 1 spiro atoms. The molecule has 2 aromatic rings. The Bertz CT molecular complexity index is 1570. The van der Waals surface area contributed by atoms with Crippen LogP contribution in [-0.2, 0) is 39.9 Å². The first kappa shape index (κ1) is 35.5. The van der Waals surface area contributed by atoms with Crippen LogP contribution in [0, 0.1) is 11.8 Å². The van der Waals surface area contributed by atoms with Crippen molar-refractivity contribution in [1.29, 1.82) is 0 Å². The Hall–Kier alpha value is -4.32. The van der Waals surface area contributed by atoms with Crippen LogP contribution in [0.15, 0.2) is 85.0 Å². The van der Waals surface area contributed by atoms with E-state index >= 15 is 0 Å². The maximum absolute atomic E-state index is 14.7. The predicted molar refractivity (Wildman–Crippen MR) is 184 cm³/mol. The topological polar surface area (TPSA) is 135 Å². The number of nitrogens with one attached hydrogen (secondary N) is 1. The number of esters is 1. The van der Waals surface area contributed by atoms with Crippen LogP contribution in [0.25, 0.3) is 0 Å². The molecule has 7 atom stereocenters. The fraction of sp³-hybridized carbons (Fsp3) is 0.487. The Kier molecular flexibility index (Phi) is 11.5. The van der Waals surface area contributed by atoms with E-state index in [2.05, 4.69) is 5.32 Å². The highest BCUT2D eigenvalue weighted by Gasteiger charge is 2.71. The van der Waals surface area contributed by atoms with Crippen LogP contribution < -0.4 is 5.32 Å². The molecule has 2 aromatic carbocycles. The second kappa shape index (κ2) is 16.1. The summed E-state index contributed by atoms with van der Waals surface area (Å²) in [7, 11) is 1.52. The van der Waals surface area contributed by atoms with E-state index in [1.54, 1.807) is 22.0 Å². The number of allylic oxidation sites excluding steroid dienone is 1. The predicted octanol–water partition coefficient (Wildman–Crippen LogP) is 3.48. The third-order valence-corrected chi connectivity index (χ3v) is 10.2. The summed E-state index contributed by atoms with van der Waals surface area (Å²) in [5.41, 5.74) is 0.218. The lowest BCUT2D eigenvalue weighted by Crippen LogP contribution is -2.55. The molecule has 2 saturated heterocycles. The monoisotopic (exact) mass is 685 g/mol. The van der Waals surface area contributed by atoms with Crippen LogP contribution in [0.4, 0.5) is 0 Å². The largest absolute Gasteiger partial charge is 0.455 e. The molecule has 2 N–H and O–H groups in total. The van der Waals surface area contributed by atoms with Crippen LogP contribution in [0.1, 0.15) is 55.8 Å². The number of hydrogen-bond acceptors (Lipinski definition) is 8. The van der Waals surface area contributed by atoms with Gasteiger partial charge in [0.25, 0.3) is 0 Å². The summed E-state index contributed by atoms with van der Waals surface area (Å²) in [6, 6.07) is 17.2. The van der Waals surface area contributed by atoms with Gasteiger partial charge in [-0.3, -0.25) is 19.2 Å². The minimum absolute atomic E-state index is 0.0892. The molecular weight excluding hydrogens is 638 g/mol. The van der Waals surface area contributed by atoms with Gasteiger partial charge in [-0.2, -0.15) is 0 Å². The number of benzene rings is 2. The minimum atomic E-state index is -1.41. The average molecular weight is 686 g/mol. The van der Waals surface area contributed by atoms with Crippen molar-refractivity contribution in [2.75, 3.05) is 33.4 Å². The molecule has 4 heterocycles. The van der Waals surface area contributed by atoms with Crippen molar-refractivity contribution >= 4 is 23.7 Å². The molecule has 4 aliphatic rings. The number of aliphatic hydroxyl groups is 1. The Balaban J connectivity index is 1.39. The van der Waals surface area contributed by atoms with Crippen LogP contribution in [0.5, 0.6) is 0 Å². The van der Waals surface area contributed by atoms with E-state index in [1.165, 1.54) is 7.11 Å². The molecule has 4 aliphatic heterocycles. The number of aliphatic hydroxyl groups excluding tert-OH is 1. The summed E-state index contributed by atoms with van der Waals surface area (Å²) in [6.07, 6.45) is 8.90. The van der Waals surface area contributed by atoms with Gasteiger partial charge in [-0.15, -0.1) is 0 Å². The fourth-order valence-electron chi connectivity index (χ4n) is 7.87. The van der Waals surface area contributed by atoms with Crippen molar-refractivity contribution in [2.24, 2.45) is 11.8 Å². The maximum atomic E-state index is 14.7. The van der Waals surface area contributed by atoms with Gasteiger partial charge in [-0.1, -0.05) is 97.8 Å². The first-order chi connectivity index (χ1) is 24.4. The number of cyclic esters (lactones) is 1. The number of amides is 3. The number of methoxy groups -OCH3 is 1. The van der Waals surface area contributed by atoms with Crippen molar-refractivity contribution < 1.29 is 38.5 Å². The molecule has 50 heavy (non-hydrogen) atoms. The number of hydrogen-bond donors (Lipinski definition) is 2. The van der Waals surface area contributed by atoms with Crippen molar-refractivity contribution in [3.63, 3.8) is 0 Å². The number of ether oxygens (including phenoxy) is 3. The summed E-state index contributed by atoms with van der Waals surface area (Å²) in [5, 5.41) is 12.3. The van der Waals surface area contributed by atoms with E-state index in [1.807, 2.05) is 72.8 Å². The van der Waals surface area contributed by atoms with Crippen LogP contribution in [-0.4, -0.2) is 95.8 Å². The second-order valence-electron chi connectivity index (χ2n) is 13.5. The first-order valence-corrected chi connectivity index (χ1v) is 17.7.